The van der Waals surface area contributed by atoms with Crippen LogP contribution in [0.4, 0.5) is 4.39 Å². The van der Waals surface area contributed by atoms with E-state index in [1.54, 1.807) is 36.4 Å². The van der Waals surface area contributed by atoms with Crippen LogP contribution in [0.2, 0.25) is 0 Å². The Morgan fingerprint density at radius 2 is 1.79 bits per heavy atom. The lowest BCUT2D eigenvalue weighted by molar-refractivity contribution is 0.0961. The Hall–Kier alpha value is -3.28. The van der Waals surface area contributed by atoms with Crippen molar-refractivity contribution in [1.29, 1.82) is 0 Å². The topological polar surface area (TPSA) is 72.3 Å². The molecule has 5 nitrogen and oxygen atoms in total. The smallest absolute Gasteiger partial charge is 0.197 e. The van der Waals surface area contributed by atoms with Crippen LogP contribution in [0.3, 0.4) is 0 Å². The third-order valence-corrected chi connectivity index (χ3v) is 3.59. The van der Waals surface area contributed by atoms with E-state index in [2.05, 4.69) is 15.1 Å². The molecule has 1 heterocycles. The highest BCUT2D eigenvalue weighted by molar-refractivity contribution is 6.05. The van der Waals surface area contributed by atoms with E-state index in [1.165, 1.54) is 30.7 Å². The SMILES string of the molecule is O=NC(C(=O)c1ccccc1-c1ccc(F)cc1)c1ccncn1. The predicted molar refractivity (Wildman–Crippen MR) is 86.7 cm³/mol. The quantitative estimate of drug-likeness (QED) is 0.526. The highest BCUT2D eigenvalue weighted by Crippen LogP contribution is 2.29. The minimum absolute atomic E-state index is 0.235. The van der Waals surface area contributed by atoms with Crippen molar-refractivity contribution in [3.05, 3.63) is 89.1 Å². The first-order chi connectivity index (χ1) is 11.7. The van der Waals surface area contributed by atoms with Crippen molar-refractivity contribution in [2.45, 2.75) is 6.04 Å². The van der Waals surface area contributed by atoms with Crippen LogP contribution >= 0.6 is 0 Å². The largest absolute Gasteiger partial charge is 0.291 e. The van der Waals surface area contributed by atoms with Gasteiger partial charge in [0.1, 0.15) is 12.1 Å². The van der Waals surface area contributed by atoms with Crippen molar-refractivity contribution in [3.63, 3.8) is 0 Å². The van der Waals surface area contributed by atoms with E-state index >= 15 is 0 Å². The third kappa shape index (κ3) is 3.08. The second-order valence-corrected chi connectivity index (χ2v) is 5.06. The Labute approximate surface area is 137 Å². The standard InChI is InChI=1S/C18H12FN3O2/c19-13-7-5-12(6-8-13)14-3-1-2-4-15(14)18(23)17(22-24)16-9-10-20-11-21-16/h1-11,17H. The number of benzene rings is 2. The van der Waals surface area contributed by atoms with Gasteiger partial charge in [0.15, 0.2) is 11.8 Å². The Bertz CT molecular complexity index is 867. The lowest BCUT2D eigenvalue weighted by Gasteiger charge is -2.12. The summed E-state index contributed by atoms with van der Waals surface area (Å²) in [5.41, 5.74) is 1.84. The molecule has 0 aliphatic rings. The van der Waals surface area contributed by atoms with Crippen LogP contribution in [0.1, 0.15) is 22.1 Å². The summed E-state index contributed by atoms with van der Waals surface area (Å²) < 4.78 is 13.1. The van der Waals surface area contributed by atoms with Crippen molar-refractivity contribution in [2.75, 3.05) is 0 Å². The number of rotatable bonds is 5. The summed E-state index contributed by atoms with van der Waals surface area (Å²) in [5.74, 6) is -0.834. The van der Waals surface area contributed by atoms with Gasteiger partial charge in [0.05, 0.1) is 5.69 Å². The van der Waals surface area contributed by atoms with E-state index in [-0.39, 0.29) is 11.5 Å². The third-order valence-electron chi connectivity index (χ3n) is 3.59. The summed E-state index contributed by atoms with van der Waals surface area (Å²) >= 11 is 0. The van der Waals surface area contributed by atoms with Crippen LogP contribution in [-0.4, -0.2) is 15.8 Å². The molecule has 0 aliphatic heterocycles. The van der Waals surface area contributed by atoms with Gasteiger partial charge < -0.3 is 0 Å². The van der Waals surface area contributed by atoms with Crippen molar-refractivity contribution < 1.29 is 9.18 Å². The van der Waals surface area contributed by atoms with Crippen LogP contribution < -0.4 is 0 Å². The summed E-state index contributed by atoms with van der Waals surface area (Å²) in [6.07, 6.45) is 2.70. The second-order valence-electron chi connectivity index (χ2n) is 5.06. The van der Waals surface area contributed by atoms with Gasteiger partial charge in [-0.2, -0.15) is 0 Å². The van der Waals surface area contributed by atoms with E-state index in [0.717, 1.165) is 0 Å². The Kier molecular flexibility index (Phi) is 4.47. The van der Waals surface area contributed by atoms with E-state index in [1.807, 2.05) is 0 Å². The summed E-state index contributed by atoms with van der Waals surface area (Å²) in [6.45, 7) is 0. The molecule has 0 amide bonds. The fourth-order valence-corrected chi connectivity index (χ4v) is 2.43. The van der Waals surface area contributed by atoms with Crippen LogP contribution in [0.15, 0.2) is 72.3 Å². The molecule has 1 unspecified atom stereocenters. The Morgan fingerprint density at radius 3 is 2.46 bits per heavy atom. The van der Waals surface area contributed by atoms with Crippen LogP contribution in [-0.2, 0) is 0 Å². The van der Waals surface area contributed by atoms with E-state index in [9.17, 15) is 14.1 Å². The fourth-order valence-electron chi connectivity index (χ4n) is 2.43. The maximum Gasteiger partial charge on any atom is 0.197 e. The molecule has 0 N–H and O–H groups in total. The summed E-state index contributed by atoms with van der Waals surface area (Å²) in [4.78, 5) is 31.7. The van der Waals surface area contributed by atoms with E-state index in [0.29, 0.717) is 16.7 Å². The summed E-state index contributed by atoms with van der Waals surface area (Å²) in [5, 5.41) is 2.93. The first kappa shape index (κ1) is 15.6. The number of nitrogens with zero attached hydrogens (tertiary/aromatic N) is 3. The van der Waals surface area contributed by atoms with Crippen molar-refractivity contribution in [1.82, 2.24) is 9.97 Å². The average molecular weight is 321 g/mol. The van der Waals surface area contributed by atoms with Gasteiger partial charge in [0.2, 0.25) is 0 Å². The molecule has 0 bridgehead atoms. The normalized spacial score (nSPS) is 11.7. The molecule has 0 aliphatic carbocycles. The number of hydrogen-bond acceptors (Lipinski definition) is 5. The van der Waals surface area contributed by atoms with Gasteiger partial charge in [-0.1, -0.05) is 41.6 Å². The minimum Gasteiger partial charge on any atom is -0.291 e. The highest BCUT2D eigenvalue weighted by Gasteiger charge is 2.26. The molecule has 118 valence electrons. The zero-order chi connectivity index (χ0) is 16.9. The van der Waals surface area contributed by atoms with Crippen molar-refractivity contribution in [2.24, 2.45) is 5.18 Å². The van der Waals surface area contributed by atoms with Gasteiger partial charge in [-0.05, 0) is 29.3 Å². The molecule has 0 fully saturated rings. The molecule has 2 aromatic carbocycles. The number of nitroso groups, excluding NO2 is 1. The van der Waals surface area contributed by atoms with Gasteiger partial charge in [-0.15, -0.1) is 4.91 Å². The molecule has 0 radical (unpaired) electrons. The van der Waals surface area contributed by atoms with Gasteiger partial charge in [0.25, 0.3) is 0 Å². The number of Topliss-reactive ketones (excluding diaryl/α,β-unsaturated/α-hetero) is 1. The molecular formula is C18H12FN3O2. The molecule has 1 atom stereocenters. The second kappa shape index (κ2) is 6.87. The van der Waals surface area contributed by atoms with Crippen LogP contribution in [0, 0.1) is 10.7 Å². The number of carbonyl (C=O) groups is 1. The summed E-state index contributed by atoms with van der Waals surface area (Å²) in [6, 6.07) is 12.8. The predicted octanol–water partition coefficient (Wildman–Crippen LogP) is 3.97. The number of hydrogen-bond donors (Lipinski definition) is 0. The molecular weight excluding hydrogens is 309 g/mol. The monoisotopic (exact) mass is 321 g/mol. The molecule has 6 heteroatoms. The molecule has 1 aromatic heterocycles. The van der Waals surface area contributed by atoms with Gasteiger partial charge in [0, 0.05) is 11.8 Å². The van der Waals surface area contributed by atoms with E-state index in [4.69, 9.17) is 0 Å². The number of ketones is 1. The zero-order valence-corrected chi connectivity index (χ0v) is 12.5. The van der Waals surface area contributed by atoms with Crippen molar-refractivity contribution >= 4 is 5.78 Å². The zero-order valence-electron chi connectivity index (χ0n) is 12.5. The average Bonchev–Trinajstić information content (AvgIpc) is 2.64. The maximum atomic E-state index is 13.1. The van der Waals surface area contributed by atoms with Crippen molar-refractivity contribution in [3.8, 4) is 11.1 Å². The molecule has 0 saturated carbocycles. The minimum atomic E-state index is -1.26. The first-order valence-corrected chi connectivity index (χ1v) is 7.18. The van der Waals surface area contributed by atoms with Gasteiger partial charge >= 0.3 is 0 Å². The lowest BCUT2D eigenvalue weighted by Crippen LogP contribution is -2.13. The number of aromatic nitrogens is 2. The van der Waals surface area contributed by atoms with Gasteiger partial charge in [-0.3, -0.25) is 4.79 Å². The Balaban J connectivity index is 2.04. The number of carbonyl (C=O) groups excluding carboxylic acids is 1. The highest BCUT2D eigenvalue weighted by atomic mass is 19.1. The molecule has 0 spiro atoms. The van der Waals surface area contributed by atoms with Crippen LogP contribution in [0.25, 0.3) is 11.1 Å². The molecule has 3 aromatic rings. The lowest BCUT2D eigenvalue weighted by atomic mass is 9.93. The number of halogens is 1. The molecule has 0 saturated heterocycles. The molecule has 24 heavy (non-hydrogen) atoms. The molecule has 3 rings (SSSR count). The van der Waals surface area contributed by atoms with E-state index < -0.39 is 11.8 Å². The van der Waals surface area contributed by atoms with Crippen LogP contribution in [0.5, 0.6) is 0 Å². The fraction of sp³-hybridized carbons (Fsp3) is 0.0556. The maximum absolute atomic E-state index is 13.1. The first-order valence-electron chi connectivity index (χ1n) is 7.18. The summed E-state index contributed by atoms with van der Waals surface area (Å²) in [7, 11) is 0. The Morgan fingerprint density at radius 1 is 1.04 bits per heavy atom. The van der Waals surface area contributed by atoms with Gasteiger partial charge in [-0.25, -0.2) is 14.4 Å².